The summed E-state index contributed by atoms with van der Waals surface area (Å²) >= 11 is 0. The second kappa shape index (κ2) is 6.77. The SMILES string of the molecule is CCOC(=O)N1CCCC(C(=O)Nc2ccc3oc(=O)[nH]c3c2)C1. The third kappa shape index (κ3) is 3.42. The first-order chi connectivity index (χ1) is 11.6. The summed E-state index contributed by atoms with van der Waals surface area (Å²) in [5.74, 6) is -0.984. The normalized spacial score (nSPS) is 17.7. The van der Waals surface area contributed by atoms with Gasteiger partial charge in [0, 0.05) is 18.8 Å². The zero-order valence-corrected chi connectivity index (χ0v) is 13.3. The molecule has 3 rings (SSSR count). The quantitative estimate of drug-likeness (QED) is 0.893. The van der Waals surface area contributed by atoms with Crippen molar-refractivity contribution in [2.75, 3.05) is 25.0 Å². The van der Waals surface area contributed by atoms with Crippen molar-refractivity contribution in [1.29, 1.82) is 0 Å². The minimum absolute atomic E-state index is 0.158. The molecule has 0 radical (unpaired) electrons. The number of amides is 2. The van der Waals surface area contributed by atoms with Gasteiger partial charge in [-0.15, -0.1) is 0 Å². The van der Waals surface area contributed by atoms with E-state index in [1.807, 2.05) is 0 Å². The predicted molar refractivity (Wildman–Crippen MR) is 86.8 cm³/mol. The molecular formula is C16H19N3O5. The van der Waals surface area contributed by atoms with Crippen molar-refractivity contribution < 1.29 is 18.7 Å². The number of H-pyrrole nitrogens is 1. The molecule has 128 valence electrons. The van der Waals surface area contributed by atoms with E-state index in [4.69, 9.17) is 9.15 Å². The fourth-order valence-corrected chi connectivity index (χ4v) is 2.85. The molecule has 24 heavy (non-hydrogen) atoms. The van der Waals surface area contributed by atoms with Crippen LogP contribution in [0.2, 0.25) is 0 Å². The number of fused-ring (bicyclic) bond motifs is 1. The van der Waals surface area contributed by atoms with Gasteiger partial charge in [0.15, 0.2) is 5.58 Å². The van der Waals surface area contributed by atoms with Crippen LogP contribution in [0.1, 0.15) is 19.8 Å². The number of carbonyl (C=O) groups is 2. The molecule has 2 aromatic rings. The highest BCUT2D eigenvalue weighted by molar-refractivity contribution is 5.94. The number of ether oxygens (including phenoxy) is 1. The van der Waals surface area contributed by atoms with Crippen LogP contribution in [0, 0.1) is 5.92 Å². The molecule has 1 aromatic heterocycles. The van der Waals surface area contributed by atoms with Crippen LogP contribution in [0.3, 0.4) is 0 Å². The summed E-state index contributed by atoms with van der Waals surface area (Å²) in [6.07, 6.45) is 1.09. The van der Waals surface area contributed by atoms with Crippen LogP contribution in [0.25, 0.3) is 11.1 Å². The van der Waals surface area contributed by atoms with Gasteiger partial charge in [0.05, 0.1) is 18.0 Å². The van der Waals surface area contributed by atoms with Gasteiger partial charge in [-0.25, -0.2) is 9.59 Å². The molecule has 1 atom stereocenters. The van der Waals surface area contributed by atoms with E-state index in [2.05, 4.69) is 10.3 Å². The van der Waals surface area contributed by atoms with Crippen LogP contribution in [0.5, 0.6) is 0 Å². The highest BCUT2D eigenvalue weighted by Crippen LogP contribution is 2.21. The Morgan fingerprint density at radius 1 is 1.46 bits per heavy atom. The lowest BCUT2D eigenvalue weighted by atomic mass is 9.97. The monoisotopic (exact) mass is 333 g/mol. The van der Waals surface area contributed by atoms with Gasteiger partial charge >= 0.3 is 11.8 Å². The number of aromatic amines is 1. The third-order valence-electron chi connectivity index (χ3n) is 4.00. The molecule has 1 aliphatic rings. The maximum atomic E-state index is 12.4. The number of likely N-dealkylation sites (tertiary alicyclic amines) is 1. The number of aromatic nitrogens is 1. The van der Waals surface area contributed by atoms with Crippen LogP contribution >= 0.6 is 0 Å². The Bertz CT molecular complexity index is 809. The number of rotatable bonds is 3. The molecule has 1 aliphatic heterocycles. The second-order valence-electron chi connectivity index (χ2n) is 5.70. The van der Waals surface area contributed by atoms with Crippen LogP contribution in [-0.2, 0) is 9.53 Å². The molecule has 1 unspecified atom stereocenters. The fraction of sp³-hybridized carbons (Fsp3) is 0.438. The van der Waals surface area contributed by atoms with Gasteiger partial charge < -0.3 is 19.4 Å². The topological polar surface area (TPSA) is 105 Å². The van der Waals surface area contributed by atoms with E-state index in [0.29, 0.717) is 42.9 Å². The van der Waals surface area contributed by atoms with Gasteiger partial charge in [0.2, 0.25) is 5.91 Å². The first-order valence-corrected chi connectivity index (χ1v) is 7.92. The molecule has 1 fully saturated rings. The van der Waals surface area contributed by atoms with E-state index in [1.54, 1.807) is 30.0 Å². The van der Waals surface area contributed by atoms with E-state index in [0.717, 1.165) is 6.42 Å². The highest BCUT2D eigenvalue weighted by atomic mass is 16.6. The molecule has 8 nitrogen and oxygen atoms in total. The summed E-state index contributed by atoms with van der Waals surface area (Å²) in [6.45, 7) is 3.01. The number of hydrogen-bond donors (Lipinski definition) is 2. The van der Waals surface area contributed by atoms with Gasteiger partial charge in [0.25, 0.3) is 0 Å². The number of oxazole rings is 1. The van der Waals surface area contributed by atoms with Gasteiger partial charge in [-0.3, -0.25) is 9.78 Å². The summed E-state index contributed by atoms with van der Waals surface area (Å²) in [6, 6.07) is 4.93. The van der Waals surface area contributed by atoms with E-state index < -0.39 is 5.76 Å². The maximum Gasteiger partial charge on any atom is 0.417 e. The summed E-state index contributed by atoms with van der Waals surface area (Å²) in [5.41, 5.74) is 1.52. The molecule has 0 bridgehead atoms. The van der Waals surface area contributed by atoms with Gasteiger partial charge in [-0.2, -0.15) is 0 Å². The summed E-state index contributed by atoms with van der Waals surface area (Å²) in [5, 5.41) is 2.82. The first kappa shape index (κ1) is 16.1. The van der Waals surface area contributed by atoms with Crippen LogP contribution in [-0.4, -0.2) is 41.6 Å². The summed E-state index contributed by atoms with van der Waals surface area (Å²) < 4.78 is 9.92. The van der Waals surface area contributed by atoms with Crippen LogP contribution in [0.15, 0.2) is 27.4 Å². The van der Waals surface area contributed by atoms with Crippen molar-refractivity contribution >= 4 is 28.8 Å². The molecule has 0 aliphatic carbocycles. The number of anilines is 1. The number of nitrogens with zero attached hydrogens (tertiary/aromatic N) is 1. The van der Waals surface area contributed by atoms with Crippen molar-refractivity contribution in [2.24, 2.45) is 5.92 Å². The fourth-order valence-electron chi connectivity index (χ4n) is 2.85. The van der Waals surface area contributed by atoms with E-state index in [1.165, 1.54) is 0 Å². The zero-order chi connectivity index (χ0) is 17.1. The molecule has 1 aromatic carbocycles. The predicted octanol–water partition coefficient (Wildman–Crippen LogP) is 1.93. The Kier molecular flexibility index (Phi) is 4.54. The standard InChI is InChI=1S/C16H19N3O5/c1-2-23-16(22)19-7-3-4-10(9-19)14(20)17-11-5-6-13-12(8-11)18-15(21)24-13/h5-6,8,10H,2-4,7,9H2,1H3,(H,17,20)(H,18,21). The summed E-state index contributed by atoms with van der Waals surface area (Å²) in [4.78, 5) is 39.5. The number of piperidine rings is 1. The average molecular weight is 333 g/mol. The lowest BCUT2D eigenvalue weighted by molar-refractivity contribution is -0.121. The molecule has 1 saturated heterocycles. The molecule has 2 N–H and O–H groups in total. The van der Waals surface area contributed by atoms with Crippen LogP contribution < -0.4 is 11.1 Å². The lowest BCUT2D eigenvalue weighted by Gasteiger charge is -2.31. The Morgan fingerprint density at radius 3 is 3.08 bits per heavy atom. The Hall–Kier alpha value is -2.77. The molecule has 0 saturated carbocycles. The molecule has 8 heteroatoms. The lowest BCUT2D eigenvalue weighted by Crippen LogP contribution is -2.44. The number of benzene rings is 1. The van der Waals surface area contributed by atoms with Crippen molar-refractivity contribution in [3.8, 4) is 0 Å². The first-order valence-electron chi connectivity index (χ1n) is 7.92. The molecule has 0 spiro atoms. The minimum atomic E-state index is -0.536. The number of nitrogens with one attached hydrogen (secondary N) is 2. The van der Waals surface area contributed by atoms with Crippen LogP contribution in [0.4, 0.5) is 10.5 Å². The molecule has 2 heterocycles. The summed E-state index contributed by atoms with van der Waals surface area (Å²) in [7, 11) is 0. The average Bonchev–Trinajstić information content (AvgIpc) is 2.94. The van der Waals surface area contributed by atoms with Crippen molar-refractivity contribution in [3.63, 3.8) is 0 Å². The highest BCUT2D eigenvalue weighted by Gasteiger charge is 2.29. The molecule has 2 amide bonds. The van der Waals surface area contributed by atoms with Crippen molar-refractivity contribution in [3.05, 3.63) is 28.7 Å². The molecular weight excluding hydrogens is 314 g/mol. The second-order valence-corrected chi connectivity index (χ2v) is 5.70. The number of hydrogen-bond acceptors (Lipinski definition) is 5. The zero-order valence-electron chi connectivity index (χ0n) is 13.3. The van der Waals surface area contributed by atoms with Gasteiger partial charge in [0.1, 0.15) is 0 Å². The van der Waals surface area contributed by atoms with E-state index in [9.17, 15) is 14.4 Å². The van der Waals surface area contributed by atoms with Crippen molar-refractivity contribution in [1.82, 2.24) is 9.88 Å². The minimum Gasteiger partial charge on any atom is -0.450 e. The smallest absolute Gasteiger partial charge is 0.417 e. The van der Waals surface area contributed by atoms with Gasteiger partial charge in [-0.1, -0.05) is 0 Å². The van der Waals surface area contributed by atoms with Crippen molar-refractivity contribution in [2.45, 2.75) is 19.8 Å². The Labute approximate surface area is 137 Å². The number of carbonyl (C=O) groups excluding carboxylic acids is 2. The Balaban J connectivity index is 1.66. The largest absolute Gasteiger partial charge is 0.450 e. The van der Waals surface area contributed by atoms with E-state index in [-0.39, 0.29) is 17.9 Å². The third-order valence-corrected chi connectivity index (χ3v) is 4.00. The maximum absolute atomic E-state index is 12.4. The van der Waals surface area contributed by atoms with Gasteiger partial charge in [-0.05, 0) is 38.0 Å². The Morgan fingerprint density at radius 2 is 2.29 bits per heavy atom. The van der Waals surface area contributed by atoms with E-state index >= 15 is 0 Å².